The van der Waals surface area contributed by atoms with Crippen LogP contribution in [-0.4, -0.2) is 12.5 Å². The predicted molar refractivity (Wildman–Crippen MR) is 126 cm³/mol. The smallest absolute Gasteiger partial charge is 0.251 e. The fraction of sp³-hybridized carbons (Fsp3) is 0.222. The normalized spacial score (nSPS) is 13.9. The molecular weight excluding hydrogens is 387 g/mol. The number of carbonyl (C=O) groups is 1. The van der Waals surface area contributed by atoms with E-state index in [2.05, 4.69) is 24.1 Å². The number of carbonyl (C=O) groups excluding carboxylic acids is 1. The van der Waals surface area contributed by atoms with Crippen LogP contribution in [0.25, 0.3) is 5.57 Å². The van der Waals surface area contributed by atoms with Gasteiger partial charge in [-0.1, -0.05) is 44.2 Å². The molecule has 3 nitrogen and oxygen atoms in total. The number of hydrogen-bond donors (Lipinski definition) is 2. The van der Waals surface area contributed by atoms with Gasteiger partial charge in [0.25, 0.3) is 5.91 Å². The molecule has 0 fully saturated rings. The maximum absolute atomic E-state index is 14.2. The summed E-state index contributed by atoms with van der Waals surface area (Å²) < 4.78 is 14.2. The first-order valence-corrected chi connectivity index (χ1v) is 10.6. The minimum absolute atomic E-state index is 0.100. The number of halogens is 1. The van der Waals surface area contributed by atoms with Crippen LogP contribution in [0.5, 0.6) is 0 Å². The zero-order chi connectivity index (χ0) is 22.4. The Morgan fingerprint density at radius 1 is 1.16 bits per heavy atom. The van der Waals surface area contributed by atoms with Crippen LogP contribution >= 0.6 is 0 Å². The third-order valence-corrected chi connectivity index (χ3v) is 5.42. The molecule has 0 aromatic heterocycles. The quantitative estimate of drug-likeness (QED) is 0.540. The summed E-state index contributed by atoms with van der Waals surface area (Å²) in [5.74, 6) is -0.403. The Kier molecular flexibility index (Phi) is 7.24. The lowest BCUT2D eigenvalue weighted by atomic mass is 9.86. The van der Waals surface area contributed by atoms with Gasteiger partial charge >= 0.3 is 0 Å². The van der Waals surface area contributed by atoms with Gasteiger partial charge in [0.2, 0.25) is 0 Å². The van der Waals surface area contributed by atoms with Crippen molar-refractivity contribution < 1.29 is 9.18 Å². The lowest BCUT2D eigenvalue weighted by Crippen LogP contribution is -2.24. The zero-order valence-electron chi connectivity index (χ0n) is 18.4. The first-order valence-electron chi connectivity index (χ1n) is 10.6. The topological polar surface area (TPSA) is 41.1 Å². The van der Waals surface area contributed by atoms with E-state index in [1.165, 1.54) is 12.1 Å². The van der Waals surface area contributed by atoms with E-state index in [0.29, 0.717) is 12.1 Å². The molecule has 4 heteroatoms. The summed E-state index contributed by atoms with van der Waals surface area (Å²) in [6, 6.07) is 12.2. The van der Waals surface area contributed by atoms with Crippen LogP contribution in [0.15, 0.2) is 84.2 Å². The van der Waals surface area contributed by atoms with Crippen molar-refractivity contribution in [2.24, 2.45) is 0 Å². The van der Waals surface area contributed by atoms with Gasteiger partial charge < -0.3 is 10.6 Å². The van der Waals surface area contributed by atoms with Gasteiger partial charge in [-0.05, 0) is 78.4 Å². The molecule has 0 saturated carbocycles. The largest absolute Gasteiger partial charge is 0.362 e. The average Bonchev–Trinajstić information content (AvgIpc) is 2.75. The highest BCUT2D eigenvalue weighted by molar-refractivity contribution is 5.96. The summed E-state index contributed by atoms with van der Waals surface area (Å²) in [6.07, 6.45) is 7.69. The highest BCUT2D eigenvalue weighted by Gasteiger charge is 2.18. The molecule has 0 saturated heterocycles. The Morgan fingerprint density at radius 2 is 1.97 bits per heavy atom. The molecule has 0 spiro atoms. The third-order valence-electron chi connectivity index (χ3n) is 5.42. The van der Waals surface area contributed by atoms with Crippen molar-refractivity contribution in [3.8, 4) is 0 Å². The summed E-state index contributed by atoms with van der Waals surface area (Å²) in [5, 5.41) is 6.11. The number of unbranched alkanes of at least 4 members (excludes halogenated alkanes) is 1. The molecule has 0 atom stereocenters. The Labute approximate surface area is 184 Å². The van der Waals surface area contributed by atoms with Gasteiger partial charge in [-0.15, -0.1) is 0 Å². The molecule has 1 heterocycles. The van der Waals surface area contributed by atoms with E-state index in [-0.39, 0.29) is 11.7 Å². The van der Waals surface area contributed by atoms with Gasteiger partial charge in [0.15, 0.2) is 0 Å². The van der Waals surface area contributed by atoms with Crippen LogP contribution in [0.3, 0.4) is 0 Å². The van der Waals surface area contributed by atoms with Gasteiger partial charge in [-0.3, -0.25) is 4.79 Å². The summed E-state index contributed by atoms with van der Waals surface area (Å²) in [6.45, 7) is 10.9. The van der Waals surface area contributed by atoms with Crippen LogP contribution in [0, 0.1) is 12.7 Å². The lowest BCUT2D eigenvalue weighted by Gasteiger charge is -2.21. The number of allylic oxidation sites excluding steroid dienone is 3. The minimum atomic E-state index is -0.302. The Morgan fingerprint density at radius 3 is 2.68 bits per heavy atom. The molecule has 31 heavy (non-hydrogen) atoms. The number of dihydropyridines is 1. The van der Waals surface area contributed by atoms with Crippen LogP contribution < -0.4 is 10.6 Å². The van der Waals surface area contributed by atoms with Crippen LogP contribution in [0.1, 0.15) is 53.7 Å². The number of rotatable bonds is 7. The van der Waals surface area contributed by atoms with E-state index in [4.69, 9.17) is 0 Å². The van der Waals surface area contributed by atoms with Gasteiger partial charge in [-0.2, -0.15) is 0 Å². The standard InChI is InChI=1S/C27H29FN2O/c1-5-6-14-30-27(31)22-13-12-18(2)25(17-22)26(21-9-7-10-23(28)16-21)19(3)24-11-8-15-29-20(24)4/h7-13,15-17,29H,4-6,14H2,1-3H3,(H,30,31)/b26-19+. The summed E-state index contributed by atoms with van der Waals surface area (Å²) >= 11 is 0. The Bertz CT molecular complexity index is 1090. The van der Waals surface area contributed by atoms with E-state index < -0.39 is 0 Å². The van der Waals surface area contributed by atoms with Crippen molar-refractivity contribution in [2.45, 2.75) is 33.6 Å². The number of benzene rings is 2. The Balaban J connectivity index is 2.17. The highest BCUT2D eigenvalue weighted by Crippen LogP contribution is 2.35. The molecular formula is C27H29FN2O. The summed E-state index contributed by atoms with van der Waals surface area (Å²) in [4.78, 5) is 12.7. The number of hydrogen-bond acceptors (Lipinski definition) is 2. The highest BCUT2D eigenvalue weighted by atomic mass is 19.1. The molecule has 1 amide bonds. The summed E-state index contributed by atoms with van der Waals surface area (Å²) in [5.41, 5.74) is 6.81. The van der Waals surface area contributed by atoms with Crippen molar-refractivity contribution in [3.63, 3.8) is 0 Å². The maximum Gasteiger partial charge on any atom is 0.251 e. The molecule has 1 aliphatic rings. The summed E-state index contributed by atoms with van der Waals surface area (Å²) in [7, 11) is 0. The second-order valence-corrected chi connectivity index (χ2v) is 7.71. The SMILES string of the molecule is C=C1NC=CC=C1/C(C)=C(\c1cccc(F)c1)c1cc(C(=O)NCCCC)ccc1C. The van der Waals surface area contributed by atoms with Gasteiger partial charge in [0.05, 0.1) is 0 Å². The van der Waals surface area contributed by atoms with Crippen molar-refractivity contribution >= 4 is 11.5 Å². The molecule has 0 aliphatic carbocycles. The first kappa shape index (κ1) is 22.3. The first-order chi connectivity index (χ1) is 14.9. The zero-order valence-corrected chi connectivity index (χ0v) is 18.4. The van der Waals surface area contributed by atoms with Crippen LogP contribution in [-0.2, 0) is 0 Å². The Hall–Kier alpha value is -3.40. The molecule has 1 aliphatic heterocycles. The van der Waals surface area contributed by atoms with Crippen molar-refractivity contribution in [3.05, 3.63) is 112 Å². The third kappa shape index (κ3) is 5.21. The van der Waals surface area contributed by atoms with Crippen molar-refractivity contribution in [2.75, 3.05) is 6.54 Å². The van der Waals surface area contributed by atoms with E-state index in [0.717, 1.165) is 51.9 Å². The number of amides is 1. The number of aryl methyl sites for hydroxylation is 1. The van der Waals surface area contributed by atoms with Crippen molar-refractivity contribution in [1.29, 1.82) is 0 Å². The van der Waals surface area contributed by atoms with Crippen LogP contribution in [0.2, 0.25) is 0 Å². The molecule has 0 unspecified atom stereocenters. The van der Waals surface area contributed by atoms with Gasteiger partial charge in [0, 0.05) is 29.6 Å². The molecule has 3 rings (SSSR count). The molecule has 2 aromatic rings. The van der Waals surface area contributed by atoms with Gasteiger partial charge in [-0.25, -0.2) is 4.39 Å². The fourth-order valence-electron chi connectivity index (χ4n) is 3.69. The second-order valence-electron chi connectivity index (χ2n) is 7.71. The lowest BCUT2D eigenvalue weighted by molar-refractivity contribution is 0.0953. The second kappa shape index (κ2) is 10.1. The molecule has 2 N–H and O–H groups in total. The average molecular weight is 417 g/mol. The molecule has 0 bridgehead atoms. The van der Waals surface area contributed by atoms with E-state index in [9.17, 15) is 9.18 Å². The van der Waals surface area contributed by atoms with Crippen molar-refractivity contribution in [1.82, 2.24) is 10.6 Å². The van der Waals surface area contributed by atoms with E-state index in [1.807, 2.05) is 56.5 Å². The van der Waals surface area contributed by atoms with Gasteiger partial charge in [0.1, 0.15) is 5.82 Å². The minimum Gasteiger partial charge on any atom is -0.362 e. The molecule has 0 radical (unpaired) electrons. The number of nitrogens with one attached hydrogen (secondary N) is 2. The molecule has 2 aromatic carbocycles. The predicted octanol–water partition coefficient (Wildman–Crippen LogP) is 6.04. The maximum atomic E-state index is 14.2. The van der Waals surface area contributed by atoms with E-state index >= 15 is 0 Å². The monoisotopic (exact) mass is 416 g/mol. The molecule has 160 valence electrons. The van der Waals surface area contributed by atoms with E-state index in [1.54, 1.807) is 6.07 Å². The fourth-order valence-corrected chi connectivity index (χ4v) is 3.69. The van der Waals surface area contributed by atoms with Crippen LogP contribution in [0.4, 0.5) is 4.39 Å².